The number of oxazole rings is 4. The second-order valence-electron chi connectivity index (χ2n) is 32.8. The van der Waals surface area contributed by atoms with E-state index in [4.69, 9.17) is 72.0 Å². The summed E-state index contributed by atoms with van der Waals surface area (Å²) in [5.74, 6) is 0.586. The zero-order chi connectivity index (χ0) is 98.5. The number of nitrogen functional groups attached to an aromatic ring is 1. The number of halogens is 6. The molecule has 709 valence electrons. The number of carbonyl (C=O) groups excluding carboxylic acids is 1. The van der Waals surface area contributed by atoms with E-state index in [0.29, 0.717) is 83.0 Å². The summed E-state index contributed by atoms with van der Waals surface area (Å²) in [5, 5.41) is 8.90. The number of esters is 1. The van der Waals surface area contributed by atoms with Gasteiger partial charge in [-0.05, 0) is 281 Å². The largest absolute Gasteiger partial charge is 0.506 e. The predicted molar refractivity (Wildman–Crippen MR) is 553 cm³/mol. The van der Waals surface area contributed by atoms with Gasteiger partial charge >= 0.3 is 50.1 Å². The first-order valence-corrected chi connectivity index (χ1v) is 48.3. The van der Waals surface area contributed by atoms with Gasteiger partial charge in [0.15, 0.2) is 22.3 Å². The Labute approximate surface area is 845 Å². The Kier molecular flexibility index (Phi) is 42.0. The molecule has 3 fully saturated rings. The fraction of sp³-hybridized carbons (Fsp3) is 0.394. The van der Waals surface area contributed by atoms with Crippen molar-refractivity contribution in [1.29, 1.82) is 0 Å². The molecule has 3 saturated heterocycles. The Bertz CT molecular complexity index is 6330. The molecule has 132 heavy (non-hydrogen) atoms. The summed E-state index contributed by atoms with van der Waals surface area (Å²) in [4.78, 5) is 79.8. The van der Waals surface area contributed by atoms with Crippen LogP contribution in [0.2, 0.25) is 0 Å². The molecule has 4 aliphatic heterocycles. The van der Waals surface area contributed by atoms with Gasteiger partial charge in [-0.3, -0.25) is 27.9 Å². The van der Waals surface area contributed by atoms with Crippen molar-refractivity contribution in [2.24, 2.45) is 0 Å². The number of rotatable bonds is 10. The zero-order valence-corrected chi connectivity index (χ0v) is 90.7. The number of carbonyl (C=O) groups is 1. The van der Waals surface area contributed by atoms with Crippen LogP contribution in [0.3, 0.4) is 0 Å². The van der Waals surface area contributed by atoms with Crippen molar-refractivity contribution in [3.8, 4) is 45.5 Å². The van der Waals surface area contributed by atoms with Crippen molar-refractivity contribution < 1.29 is 89.6 Å². The molecular weight excluding hydrogens is 2220 g/mol. The molecule has 17 rings (SSSR count). The minimum atomic E-state index is -0.476. The standard InChI is InChI=1S/C16H16N2O3.C15H20BNO4.C15H14N2O3.C12H24B2O4.C9H8BrNO2.C8H5BrO2.C7H8BrNO.C6H6BrNO.C3H7.C2H5I.CH3I.V/c1-4-18-13-8-11(5-6-14(13)21-16(18)19)12-9-17-15(20-3)7-10(12)2;1-6-17-11-9-10(7-8-12(11)19-13(17)18)16-20-14(2,3)15(4,5)21-16;1-3-17-12-7-10(4-5-13(12)20-15(17)19)11-8-16-14(18)6-9(11)2;1-9(2)10(3,4)16-13(15-9)14-17-11(5,6)12(7,8)18-14;1-2-11-7-5-6(10)3-4-8(7)13-9(11)12;9-6-1-2-7-5(3-6)4-8(10)11-7;1-5-3-7(10-2)9-4-6(5)8;7-4-1-2-6(9)5(8)3-4;1-3-2;1-2-3;1-2;/h5-9H,4H2,1-3H3;7-9H,6H2,1-5H3;4-8H,3H2,1-2H3,(H,16,18);1-8H3;3-5H,2H2,1H3;1-3H,4H2;3-4H,1-2H3;1-3,9H,8H2;1,3H2,2H3;2H2,1H3;1H3;/q;;;;;;;;-1;;;/i;;;;;;;;;;1D;. The van der Waals surface area contributed by atoms with Crippen LogP contribution in [0.4, 0.5) is 5.69 Å². The van der Waals surface area contributed by atoms with Crippen molar-refractivity contribution >= 4 is 192 Å². The molecule has 0 aliphatic carbocycles. The summed E-state index contributed by atoms with van der Waals surface area (Å²) in [7, 11) is 1.82. The summed E-state index contributed by atoms with van der Waals surface area (Å²) in [6.07, 6.45) is 6.60. The Morgan fingerprint density at radius 1 is 0.508 bits per heavy atom. The van der Waals surface area contributed by atoms with E-state index >= 15 is 0 Å². The molecule has 6 aromatic carbocycles. The molecule has 4 N–H and O–H groups in total. The number of pyridine rings is 3. The number of H-pyrrole nitrogens is 1. The second kappa shape index (κ2) is 49.8. The molecule has 0 atom stereocenters. The first-order chi connectivity index (χ1) is 62.0. The van der Waals surface area contributed by atoms with E-state index in [9.17, 15) is 28.8 Å². The van der Waals surface area contributed by atoms with E-state index in [1.54, 1.807) is 99.6 Å². The fourth-order valence-corrected chi connectivity index (χ4v) is 14.3. The number of hydrogen-bond acceptors (Lipinski definition) is 23. The summed E-state index contributed by atoms with van der Waals surface area (Å²) < 4.78 is 89.1. The summed E-state index contributed by atoms with van der Waals surface area (Å²) >= 11 is 17.5. The van der Waals surface area contributed by atoms with Gasteiger partial charge in [0.1, 0.15) is 11.5 Å². The molecule has 4 aliphatic rings. The Morgan fingerprint density at radius 2 is 0.864 bits per heavy atom. The van der Waals surface area contributed by atoms with Crippen molar-refractivity contribution in [3.05, 3.63) is 246 Å². The number of phenols is 1. The van der Waals surface area contributed by atoms with Crippen LogP contribution in [0.5, 0.6) is 23.3 Å². The van der Waals surface area contributed by atoms with E-state index in [-0.39, 0.29) is 92.5 Å². The van der Waals surface area contributed by atoms with Crippen LogP contribution in [0, 0.1) is 27.7 Å². The third-order valence-corrected chi connectivity index (χ3v) is 24.4. The molecule has 13 aromatic rings. The van der Waals surface area contributed by atoms with Crippen molar-refractivity contribution in [3.63, 3.8) is 0 Å². The number of anilines is 1. The van der Waals surface area contributed by atoms with Gasteiger partial charge in [-0.2, -0.15) is 6.42 Å². The van der Waals surface area contributed by atoms with Gasteiger partial charge in [-0.15, -0.1) is 0 Å². The van der Waals surface area contributed by atoms with E-state index in [1.807, 2.05) is 240 Å². The monoisotopic (exact) mass is 2330 g/mol. The van der Waals surface area contributed by atoms with Crippen LogP contribution in [0.25, 0.3) is 66.7 Å². The quantitative estimate of drug-likeness (QED) is 0.0167. The number of alkyl halides is 2. The minimum Gasteiger partial charge on any atom is -0.506 e. The van der Waals surface area contributed by atoms with Crippen LogP contribution >= 0.6 is 109 Å². The third kappa shape index (κ3) is 28.7. The summed E-state index contributed by atoms with van der Waals surface area (Å²) in [6.45, 7) is 47.8. The van der Waals surface area contributed by atoms with E-state index in [1.165, 1.54) is 4.43 Å². The minimum absolute atomic E-state index is 0. The summed E-state index contributed by atoms with van der Waals surface area (Å²) in [5.41, 5.74) is 17.8. The van der Waals surface area contributed by atoms with Crippen LogP contribution in [0.15, 0.2) is 206 Å². The van der Waals surface area contributed by atoms with Crippen molar-refractivity contribution in [2.45, 2.75) is 218 Å². The molecule has 0 unspecified atom stereocenters. The first-order valence-electron chi connectivity index (χ1n) is 42.8. The second-order valence-corrected chi connectivity index (χ2v) is 37.9. The van der Waals surface area contributed by atoms with Gasteiger partial charge in [0.05, 0.1) is 82.0 Å². The number of aryl methyl sites for hydroxylation is 7. The average Bonchev–Trinajstić information content (AvgIpc) is 1.61. The Balaban J connectivity index is 0.000000234. The number of aromatic hydroxyl groups is 1. The van der Waals surface area contributed by atoms with Gasteiger partial charge in [-0.1, -0.05) is 125 Å². The van der Waals surface area contributed by atoms with E-state index < -0.39 is 21.1 Å². The number of aromatic nitrogens is 7. The van der Waals surface area contributed by atoms with Gasteiger partial charge < -0.3 is 82.6 Å². The molecule has 28 nitrogen and oxygen atoms in total. The average molecular weight is 2340 g/mol. The van der Waals surface area contributed by atoms with Crippen molar-refractivity contribution in [2.75, 3.05) is 29.3 Å². The van der Waals surface area contributed by atoms with Crippen LogP contribution < -0.4 is 54.0 Å². The molecule has 0 bridgehead atoms. The number of phenolic OH excluding ortho intramolecular Hbond substituents is 1. The molecule has 11 heterocycles. The van der Waals surface area contributed by atoms with Crippen LogP contribution in [0.1, 0.15) is 155 Å². The molecule has 0 amide bonds. The number of nitrogens with zero attached hydrogens (tertiary/aromatic N) is 6. The number of ether oxygens (including phenoxy) is 3. The van der Waals surface area contributed by atoms with Crippen LogP contribution in [-0.2, 0) is 83.9 Å². The molecule has 0 saturated carbocycles. The normalized spacial score (nSPS) is 15.1. The van der Waals surface area contributed by atoms with Gasteiger partial charge in [0, 0.05) is 117 Å². The molecular formula is C94H116B3Br4I2N8O20V-. The number of benzene rings is 6. The van der Waals surface area contributed by atoms with Crippen LogP contribution in [-0.4, -0.2) is 123 Å². The molecule has 1 radical (unpaired) electrons. The maximum absolute atomic E-state index is 11.7. The van der Waals surface area contributed by atoms with E-state index in [0.717, 1.165) is 96.3 Å². The maximum Gasteiger partial charge on any atom is 0.494 e. The Morgan fingerprint density at radius 3 is 1.27 bits per heavy atom. The number of methoxy groups -OCH3 is 2. The van der Waals surface area contributed by atoms with Gasteiger partial charge in [-0.25, -0.2) is 29.1 Å². The van der Waals surface area contributed by atoms with Gasteiger partial charge in [0.25, 0.3) is 0 Å². The third-order valence-electron chi connectivity index (χ3n) is 22.1. The van der Waals surface area contributed by atoms with Gasteiger partial charge in [0.2, 0.25) is 17.3 Å². The number of hydrogen-bond donors (Lipinski definition) is 3. The smallest absolute Gasteiger partial charge is 0.494 e. The number of nitrogens with one attached hydrogen (secondary N) is 1. The van der Waals surface area contributed by atoms with E-state index in [2.05, 4.69) is 115 Å². The predicted octanol–water partition coefficient (Wildman–Crippen LogP) is 21.3. The number of aromatic amines is 1. The zero-order valence-electron chi connectivity index (χ0n) is 79.6. The molecule has 7 aromatic heterocycles. The maximum atomic E-state index is 11.7. The van der Waals surface area contributed by atoms with Crippen molar-refractivity contribution in [1.82, 2.24) is 33.2 Å². The fourth-order valence-electron chi connectivity index (χ4n) is 13.0. The number of nitrogens with two attached hydrogens (primary N) is 1. The SMILES string of the molecule is CC1(C)OB(B2OC(C)(C)C(C)(C)O2)OC1(C)C.CCI.CCn1c(=O)oc2ccc(-c3c[nH]c(=O)cc3C)cc21.CCn1c(=O)oc2ccc(-c3cnc(OC)cc3C)cc21.CCn1c(=O)oc2ccc(B3OC(C)(C)C(C)(C)O3)cc21.CCn1c(=O)oc2ccc(Br)cc21.COc1cc(C)c(Br)cn1.Nc1cc(Br)ccc1O.O=C1Cc2cc(Br)ccc2O1.[2H]CI.[CH2-]CC.[V]. The summed E-state index contributed by atoms with van der Waals surface area (Å²) in [6, 6.07) is 38.2. The molecule has 0 spiro atoms. The Hall–Kier alpha value is -7.76. The number of fused-ring (bicyclic) bond motifs is 5. The topological polar surface area (TPSA) is 346 Å². The first kappa shape index (κ1) is 111. The molecule has 38 heteroatoms.